The van der Waals surface area contributed by atoms with Crippen molar-refractivity contribution in [1.82, 2.24) is 19.7 Å². The fraction of sp³-hybridized carbons (Fsp3) is 0.435. The second-order valence-corrected chi connectivity index (χ2v) is 8.30. The van der Waals surface area contributed by atoms with Crippen molar-refractivity contribution in [3.8, 4) is 11.4 Å². The summed E-state index contributed by atoms with van der Waals surface area (Å²) in [7, 11) is 0. The normalized spacial score (nSPS) is 22.0. The van der Waals surface area contributed by atoms with Gasteiger partial charge in [0.05, 0.1) is 16.8 Å². The van der Waals surface area contributed by atoms with Crippen LogP contribution in [0, 0.1) is 6.92 Å². The van der Waals surface area contributed by atoms with Crippen LogP contribution in [0.25, 0.3) is 16.7 Å². The molecule has 0 radical (unpaired) electrons. The molecule has 0 spiro atoms. The zero-order valence-corrected chi connectivity index (χ0v) is 17.1. The highest BCUT2D eigenvalue weighted by Crippen LogP contribution is 2.36. The Morgan fingerprint density at radius 3 is 2.57 bits per heavy atom. The predicted octanol–water partition coefficient (Wildman–Crippen LogP) is 3.82. The number of hydrogen-bond donors (Lipinski definition) is 1. The molecule has 30 heavy (non-hydrogen) atoms. The van der Waals surface area contributed by atoms with Gasteiger partial charge in [0.2, 0.25) is 0 Å². The SMILES string of the molecule is Cc1nn(-c2ccccc2)c2nc(C(=O)O)cc(O[C@H]3C[C@@H](N4CCCCC4)C3)c12. The van der Waals surface area contributed by atoms with E-state index >= 15 is 0 Å². The van der Waals surface area contributed by atoms with Crippen molar-refractivity contribution in [1.29, 1.82) is 0 Å². The van der Waals surface area contributed by atoms with Crippen LogP contribution in [-0.2, 0) is 0 Å². The third-order valence-electron chi connectivity index (χ3n) is 6.27. The maximum absolute atomic E-state index is 11.7. The van der Waals surface area contributed by atoms with Crippen LogP contribution in [0.1, 0.15) is 48.3 Å². The van der Waals surface area contributed by atoms with Gasteiger partial charge in [-0.3, -0.25) is 0 Å². The molecule has 5 rings (SSSR count). The first-order valence-corrected chi connectivity index (χ1v) is 10.7. The highest BCUT2D eigenvalue weighted by Gasteiger charge is 2.36. The van der Waals surface area contributed by atoms with Crippen molar-refractivity contribution in [3.63, 3.8) is 0 Å². The number of hydrogen-bond acceptors (Lipinski definition) is 5. The van der Waals surface area contributed by atoms with Gasteiger partial charge in [-0.1, -0.05) is 24.6 Å². The van der Waals surface area contributed by atoms with Crippen molar-refractivity contribution in [2.45, 2.75) is 51.2 Å². The minimum absolute atomic E-state index is 0.0264. The summed E-state index contributed by atoms with van der Waals surface area (Å²) < 4.78 is 8.02. The van der Waals surface area contributed by atoms with Crippen molar-refractivity contribution >= 4 is 17.0 Å². The van der Waals surface area contributed by atoms with Gasteiger partial charge in [0.25, 0.3) is 0 Å². The molecule has 2 aromatic heterocycles. The van der Waals surface area contributed by atoms with Gasteiger partial charge in [0.15, 0.2) is 11.3 Å². The molecule has 1 aliphatic heterocycles. The molecule has 7 heteroatoms. The van der Waals surface area contributed by atoms with Gasteiger partial charge in [-0.15, -0.1) is 0 Å². The van der Waals surface area contributed by atoms with Crippen LogP contribution in [0.3, 0.4) is 0 Å². The van der Waals surface area contributed by atoms with E-state index < -0.39 is 5.97 Å². The average molecular weight is 406 g/mol. The van der Waals surface area contributed by atoms with E-state index in [9.17, 15) is 9.90 Å². The van der Waals surface area contributed by atoms with Gasteiger partial charge in [-0.2, -0.15) is 5.10 Å². The number of aryl methyl sites for hydroxylation is 1. The predicted molar refractivity (Wildman–Crippen MR) is 113 cm³/mol. The number of fused-ring (bicyclic) bond motifs is 1. The van der Waals surface area contributed by atoms with Crippen molar-refractivity contribution in [2.75, 3.05) is 13.1 Å². The van der Waals surface area contributed by atoms with Crippen LogP contribution in [0.2, 0.25) is 0 Å². The van der Waals surface area contributed by atoms with E-state index in [1.165, 1.54) is 32.4 Å². The number of likely N-dealkylation sites (tertiary alicyclic amines) is 1. The lowest BCUT2D eigenvalue weighted by molar-refractivity contribution is 0.00953. The molecule has 156 valence electrons. The first kappa shape index (κ1) is 19.1. The average Bonchev–Trinajstić information content (AvgIpc) is 3.08. The van der Waals surface area contributed by atoms with E-state index in [4.69, 9.17) is 4.74 Å². The molecule has 2 fully saturated rings. The largest absolute Gasteiger partial charge is 0.489 e. The Morgan fingerprint density at radius 1 is 1.13 bits per heavy atom. The minimum Gasteiger partial charge on any atom is -0.489 e. The summed E-state index contributed by atoms with van der Waals surface area (Å²) in [4.78, 5) is 18.7. The maximum atomic E-state index is 11.7. The number of aromatic nitrogens is 3. The molecule has 1 aromatic carbocycles. The number of pyridine rings is 1. The molecular weight excluding hydrogens is 380 g/mol. The number of aromatic carboxylic acids is 1. The monoisotopic (exact) mass is 406 g/mol. The number of para-hydroxylation sites is 1. The lowest BCUT2D eigenvalue weighted by atomic mass is 9.86. The zero-order valence-electron chi connectivity index (χ0n) is 17.1. The summed E-state index contributed by atoms with van der Waals surface area (Å²) in [5, 5.41) is 15.0. The third kappa shape index (κ3) is 3.43. The van der Waals surface area contributed by atoms with E-state index in [0.717, 1.165) is 29.6 Å². The van der Waals surface area contributed by atoms with E-state index in [1.807, 2.05) is 37.3 Å². The number of piperidine rings is 1. The summed E-state index contributed by atoms with van der Waals surface area (Å²) in [6, 6.07) is 11.8. The molecular formula is C23H26N4O3. The zero-order chi connectivity index (χ0) is 20.7. The molecule has 1 saturated carbocycles. The number of nitrogens with zero attached hydrogens (tertiary/aromatic N) is 4. The fourth-order valence-corrected chi connectivity index (χ4v) is 4.60. The molecule has 0 atom stereocenters. The molecule has 1 N–H and O–H groups in total. The number of carboxylic acid groups (broad SMARTS) is 1. The van der Waals surface area contributed by atoms with Crippen LogP contribution in [0.5, 0.6) is 5.75 Å². The smallest absolute Gasteiger partial charge is 0.354 e. The van der Waals surface area contributed by atoms with E-state index in [2.05, 4.69) is 15.0 Å². The minimum atomic E-state index is -1.07. The Bertz CT molecular complexity index is 1070. The Balaban J connectivity index is 1.46. The quantitative estimate of drug-likeness (QED) is 0.694. The molecule has 2 aliphatic rings. The maximum Gasteiger partial charge on any atom is 0.354 e. The lowest BCUT2D eigenvalue weighted by Gasteiger charge is -2.44. The number of carboxylic acids is 1. The number of benzene rings is 1. The molecule has 1 aliphatic carbocycles. The van der Waals surface area contributed by atoms with Gasteiger partial charge < -0.3 is 14.7 Å². The number of carbonyl (C=O) groups is 1. The first-order valence-electron chi connectivity index (χ1n) is 10.7. The molecule has 0 bridgehead atoms. The summed E-state index contributed by atoms with van der Waals surface area (Å²) >= 11 is 0. The Morgan fingerprint density at radius 2 is 1.87 bits per heavy atom. The first-order chi connectivity index (χ1) is 14.6. The molecule has 0 unspecified atom stereocenters. The van der Waals surface area contributed by atoms with Crippen molar-refractivity contribution < 1.29 is 14.6 Å². The van der Waals surface area contributed by atoms with Crippen LogP contribution in [-0.4, -0.2) is 56.0 Å². The Hall–Kier alpha value is -2.93. The van der Waals surface area contributed by atoms with Gasteiger partial charge >= 0.3 is 5.97 Å². The molecule has 3 aromatic rings. The molecule has 3 heterocycles. The van der Waals surface area contributed by atoms with Crippen LogP contribution in [0.4, 0.5) is 0 Å². The Labute approximate surface area is 175 Å². The standard InChI is InChI=1S/C23H26N4O3/c1-15-21-20(30-18-12-17(13-18)26-10-6-3-7-11-26)14-19(23(28)29)24-22(21)27(25-15)16-8-4-2-5-9-16/h2,4-5,8-9,14,17-18H,3,6-7,10-13H2,1H3,(H,28,29)/t17-,18+. The van der Waals surface area contributed by atoms with Gasteiger partial charge in [-0.05, 0) is 45.0 Å². The van der Waals surface area contributed by atoms with Crippen molar-refractivity contribution in [2.24, 2.45) is 0 Å². The van der Waals surface area contributed by atoms with Gasteiger partial charge in [-0.25, -0.2) is 14.5 Å². The highest BCUT2D eigenvalue weighted by molar-refractivity contribution is 5.93. The molecule has 0 amide bonds. The van der Waals surface area contributed by atoms with E-state index in [-0.39, 0.29) is 11.8 Å². The number of ether oxygens (including phenoxy) is 1. The highest BCUT2D eigenvalue weighted by atomic mass is 16.5. The Kier molecular flexibility index (Phi) is 4.90. The number of rotatable bonds is 5. The summed E-state index contributed by atoms with van der Waals surface area (Å²) in [6.45, 7) is 4.28. The third-order valence-corrected chi connectivity index (χ3v) is 6.27. The molecule has 1 saturated heterocycles. The van der Waals surface area contributed by atoms with Crippen LogP contribution >= 0.6 is 0 Å². The van der Waals surface area contributed by atoms with Gasteiger partial charge in [0, 0.05) is 24.9 Å². The van der Waals surface area contributed by atoms with E-state index in [1.54, 1.807) is 10.7 Å². The molecule has 7 nitrogen and oxygen atoms in total. The second-order valence-electron chi connectivity index (χ2n) is 8.30. The lowest BCUT2D eigenvalue weighted by Crippen LogP contribution is -2.50. The summed E-state index contributed by atoms with van der Waals surface area (Å²) in [6.07, 6.45) is 5.97. The van der Waals surface area contributed by atoms with E-state index in [0.29, 0.717) is 17.4 Å². The van der Waals surface area contributed by atoms with Gasteiger partial charge in [0.1, 0.15) is 11.9 Å². The van der Waals surface area contributed by atoms with Crippen LogP contribution in [0.15, 0.2) is 36.4 Å². The van der Waals surface area contributed by atoms with Crippen LogP contribution < -0.4 is 4.74 Å². The fourth-order valence-electron chi connectivity index (χ4n) is 4.60. The van der Waals surface area contributed by atoms with Crippen molar-refractivity contribution in [3.05, 3.63) is 47.8 Å². The topological polar surface area (TPSA) is 80.5 Å². The summed E-state index contributed by atoms with van der Waals surface area (Å²) in [5.41, 5.74) is 2.10. The summed E-state index contributed by atoms with van der Waals surface area (Å²) in [5.74, 6) is -0.501. The second kappa shape index (κ2) is 7.72.